The summed E-state index contributed by atoms with van der Waals surface area (Å²) in [5.74, 6) is -0.439. The monoisotopic (exact) mass is 417 g/mol. The number of carbonyl (C=O) groups is 2. The molecular formula is C25H27N3O3. The van der Waals surface area contributed by atoms with Crippen LogP contribution in [0.4, 0.5) is 4.79 Å². The van der Waals surface area contributed by atoms with Crippen molar-refractivity contribution >= 4 is 17.6 Å². The zero-order valence-corrected chi connectivity index (χ0v) is 17.9. The first-order valence-corrected chi connectivity index (χ1v) is 10.5. The van der Waals surface area contributed by atoms with E-state index < -0.39 is 12.0 Å². The third-order valence-corrected chi connectivity index (χ3v) is 5.79. The minimum Gasteiger partial charge on any atom is -0.466 e. The molecule has 0 saturated carbocycles. The number of hydrogen-bond donors (Lipinski definition) is 2. The van der Waals surface area contributed by atoms with Crippen LogP contribution in [-0.4, -0.2) is 43.6 Å². The zero-order chi connectivity index (χ0) is 21.8. The lowest BCUT2D eigenvalue weighted by molar-refractivity contribution is -0.136. The Labute approximate surface area is 182 Å². The van der Waals surface area contributed by atoms with E-state index in [-0.39, 0.29) is 6.03 Å². The molecule has 0 fully saturated rings. The van der Waals surface area contributed by atoms with Gasteiger partial charge in [-0.15, -0.1) is 0 Å². The fourth-order valence-corrected chi connectivity index (χ4v) is 4.10. The van der Waals surface area contributed by atoms with E-state index in [1.54, 1.807) is 0 Å². The van der Waals surface area contributed by atoms with Gasteiger partial charge in [-0.25, -0.2) is 9.59 Å². The van der Waals surface area contributed by atoms with E-state index in [0.29, 0.717) is 17.8 Å². The number of ether oxygens (including phenoxy) is 1. The van der Waals surface area contributed by atoms with Crippen molar-refractivity contribution in [2.75, 3.05) is 26.7 Å². The van der Waals surface area contributed by atoms with Gasteiger partial charge in [0.05, 0.1) is 18.7 Å². The summed E-state index contributed by atoms with van der Waals surface area (Å²) in [5, 5.41) is 5.72. The lowest BCUT2D eigenvalue weighted by Gasteiger charge is -2.33. The van der Waals surface area contributed by atoms with Crippen LogP contribution in [-0.2, 0) is 9.53 Å². The van der Waals surface area contributed by atoms with E-state index in [9.17, 15) is 9.59 Å². The van der Waals surface area contributed by atoms with Gasteiger partial charge in [-0.3, -0.25) is 4.90 Å². The second-order valence-corrected chi connectivity index (χ2v) is 7.91. The highest BCUT2D eigenvalue weighted by Gasteiger charge is 2.34. The largest absolute Gasteiger partial charge is 0.466 e. The fourth-order valence-electron chi connectivity index (χ4n) is 4.10. The van der Waals surface area contributed by atoms with Crippen molar-refractivity contribution in [2.24, 2.45) is 0 Å². The number of methoxy groups -OCH3 is 1. The topological polar surface area (TPSA) is 70.7 Å². The molecule has 4 rings (SSSR count). The second-order valence-electron chi connectivity index (χ2n) is 7.91. The van der Waals surface area contributed by atoms with Gasteiger partial charge in [0.15, 0.2) is 0 Å². The Morgan fingerprint density at radius 1 is 1.13 bits per heavy atom. The van der Waals surface area contributed by atoms with Crippen molar-refractivity contribution in [3.8, 4) is 0 Å². The van der Waals surface area contributed by atoms with Crippen LogP contribution in [0.1, 0.15) is 29.2 Å². The van der Waals surface area contributed by atoms with Crippen molar-refractivity contribution < 1.29 is 14.3 Å². The van der Waals surface area contributed by atoms with Crippen LogP contribution in [0.3, 0.4) is 0 Å². The van der Waals surface area contributed by atoms with Gasteiger partial charge in [0.25, 0.3) is 0 Å². The Morgan fingerprint density at radius 3 is 2.52 bits per heavy atom. The molecule has 0 spiro atoms. The van der Waals surface area contributed by atoms with Crippen molar-refractivity contribution in [3.63, 3.8) is 0 Å². The first kappa shape index (κ1) is 20.9. The minimum atomic E-state index is -0.544. The zero-order valence-electron chi connectivity index (χ0n) is 17.9. The van der Waals surface area contributed by atoms with Crippen molar-refractivity contribution in [1.82, 2.24) is 15.5 Å². The maximum absolute atomic E-state index is 12.7. The third kappa shape index (κ3) is 4.70. The third-order valence-electron chi connectivity index (χ3n) is 5.79. The fraction of sp³-hybridized carbons (Fsp3) is 0.280. The molecule has 0 bridgehead atoms. The first-order valence-electron chi connectivity index (χ1n) is 10.5. The highest BCUT2D eigenvalue weighted by Crippen LogP contribution is 2.29. The summed E-state index contributed by atoms with van der Waals surface area (Å²) in [7, 11) is 1.37. The highest BCUT2D eigenvalue weighted by atomic mass is 16.5. The predicted molar refractivity (Wildman–Crippen MR) is 120 cm³/mol. The molecule has 0 radical (unpaired) electrons. The predicted octanol–water partition coefficient (Wildman–Crippen LogP) is 3.57. The number of hydrogen-bond acceptors (Lipinski definition) is 4. The van der Waals surface area contributed by atoms with Crippen LogP contribution >= 0.6 is 0 Å². The molecule has 0 saturated heterocycles. The quantitative estimate of drug-likeness (QED) is 0.730. The Balaban J connectivity index is 1.59. The van der Waals surface area contributed by atoms with Crippen LogP contribution in [0.5, 0.6) is 0 Å². The molecule has 2 aliphatic rings. The molecule has 2 N–H and O–H groups in total. The van der Waals surface area contributed by atoms with Gasteiger partial charge in [-0.2, -0.15) is 0 Å². The molecule has 2 heterocycles. The highest BCUT2D eigenvalue weighted by molar-refractivity contribution is 5.95. The molecular weight excluding hydrogens is 390 g/mol. The summed E-state index contributed by atoms with van der Waals surface area (Å²) >= 11 is 0. The van der Waals surface area contributed by atoms with Crippen molar-refractivity contribution in [3.05, 3.63) is 88.6 Å². The van der Waals surface area contributed by atoms with Crippen molar-refractivity contribution in [2.45, 2.75) is 19.4 Å². The Hall–Kier alpha value is -3.38. The van der Waals surface area contributed by atoms with E-state index in [0.717, 1.165) is 30.6 Å². The summed E-state index contributed by atoms with van der Waals surface area (Å²) in [5.41, 5.74) is 5.57. The molecule has 6 nitrogen and oxygen atoms in total. The molecule has 31 heavy (non-hydrogen) atoms. The summed E-state index contributed by atoms with van der Waals surface area (Å²) in [6.45, 7) is 4.07. The van der Waals surface area contributed by atoms with Crippen LogP contribution in [0, 0.1) is 6.92 Å². The van der Waals surface area contributed by atoms with Gasteiger partial charge < -0.3 is 15.4 Å². The van der Waals surface area contributed by atoms with Gasteiger partial charge in [-0.05, 0) is 30.0 Å². The summed E-state index contributed by atoms with van der Waals surface area (Å²) < 4.78 is 5.08. The number of urea groups is 1. The molecule has 160 valence electrons. The number of nitrogens with one attached hydrogen (secondary N) is 2. The minimum absolute atomic E-state index is 0.314. The Morgan fingerprint density at radius 2 is 1.87 bits per heavy atom. The van der Waals surface area contributed by atoms with Crippen LogP contribution in [0.15, 0.2) is 71.9 Å². The number of aryl methyl sites for hydroxylation is 1. The summed E-state index contributed by atoms with van der Waals surface area (Å²) in [6, 6.07) is 17.3. The Bertz CT molecular complexity index is 1030. The van der Waals surface area contributed by atoms with E-state index in [4.69, 9.17) is 4.74 Å². The standard InChI is InChI=1S/C25H27N3O3/c1-17-8-10-20(11-9-17)23-22(24(29)31-2)21(26-25(30)27-23)16-28-14-12-19(13-15-28)18-6-4-3-5-7-18/h3-12,23H,13-16H2,1-2H3,(H2,26,27,30)/t23-/m0/s1. The van der Waals surface area contributed by atoms with Gasteiger partial charge in [0, 0.05) is 25.3 Å². The van der Waals surface area contributed by atoms with Crippen LogP contribution < -0.4 is 10.6 Å². The van der Waals surface area contributed by atoms with E-state index >= 15 is 0 Å². The van der Waals surface area contributed by atoms with Crippen LogP contribution in [0.2, 0.25) is 0 Å². The van der Waals surface area contributed by atoms with Gasteiger partial charge in [-0.1, -0.05) is 66.2 Å². The normalized spacial score (nSPS) is 19.4. The number of amides is 2. The average molecular weight is 418 g/mol. The molecule has 2 aromatic rings. The molecule has 0 unspecified atom stereocenters. The first-order chi connectivity index (χ1) is 15.0. The van der Waals surface area contributed by atoms with E-state index in [1.165, 1.54) is 18.2 Å². The molecule has 0 aliphatic carbocycles. The summed E-state index contributed by atoms with van der Waals surface area (Å²) in [6.07, 6.45) is 3.13. The molecule has 0 aromatic heterocycles. The number of rotatable bonds is 5. The molecule has 2 aliphatic heterocycles. The molecule has 2 amide bonds. The van der Waals surface area contributed by atoms with Gasteiger partial charge in [0.1, 0.15) is 0 Å². The SMILES string of the molecule is COC(=O)C1=C(CN2CC=C(c3ccccc3)CC2)NC(=O)N[C@H]1c1ccc(C)cc1. The molecule has 6 heteroatoms. The smallest absolute Gasteiger partial charge is 0.338 e. The van der Waals surface area contributed by atoms with E-state index in [2.05, 4.69) is 33.7 Å². The van der Waals surface area contributed by atoms with Gasteiger partial charge in [0.2, 0.25) is 0 Å². The second kappa shape index (κ2) is 9.18. The number of nitrogens with zero attached hydrogens (tertiary/aromatic N) is 1. The van der Waals surface area contributed by atoms with Gasteiger partial charge >= 0.3 is 12.0 Å². The van der Waals surface area contributed by atoms with Crippen molar-refractivity contribution in [1.29, 1.82) is 0 Å². The maximum atomic E-state index is 12.7. The average Bonchev–Trinajstić information content (AvgIpc) is 2.80. The lowest BCUT2D eigenvalue weighted by Crippen LogP contribution is -2.48. The lowest BCUT2D eigenvalue weighted by atomic mass is 9.94. The van der Waals surface area contributed by atoms with E-state index in [1.807, 2.05) is 49.4 Å². The number of carbonyl (C=O) groups excluding carboxylic acids is 2. The number of esters is 1. The Kier molecular flexibility index (Phi) is 6.18. The van der Waals surface area contributed by atoms with Crippen LogP contribution in [0.25, 0.3) is 5.57 Å². The number of benzene rings is 2. The summed E-state index contributed by atoms with van der Waals surface area (Å²) in [4.78, 5) is 27.4. The molecule has 2 aromatic carbocycles. The maximum Gasteiger partial charge on any atom is 0.338 e. The molecule has 1 atom stereocenters.